The number of hydrogen-bond acceptors (Lipinski definition) is 5. The monoisotopic (exact) mass is 291 g/mol. The third-order valence-corrected chi connectivity index (χ3v) is 4.80. The van der Waals surface area contributed by atoms with Gasteiger partial charge in [-0.1, -0.05) is 13.8 Å². The van der Waals surface area contributed by atoms with E-state index in [2.05, 4.69) is 54.7 Å². The number of nitrogens with zero attached hydrogens (tertiary/aromatic N) is 4. The second-order valence-electron chi connectivity index (χ2n) is 6.11. The fourth-order valence-electron chi connectivity index (χ4n) is 3.29. The number of aryl methyl sites for hydroxylation is 1. The molecule has 2 N–H and O–H groups in total. The average molecular weight is 291 g/mol. The van der Waals surface area contributed by atoms with Gasteiger partial charge in [0.1, 0.15) is 0 Å². The molecule has 1 aliphatic rings. The van der Waals surface area contributed by atoms with Crippen LogP contribution in [0.15, 0.2) is 0 Å². The second-order valence-corrected chi connectivity index (χ2v) is 6.11. The SMILES string of the molecule is CCc1nnc(N2CC(C)N(C)C(C)C2)c(CN)c1CC. The molecule has 0 aliphatic carbocycles. The van der Waals surface area contributed by atoms with Gasteiger partial charge in [0.15, 0.2) is 5.82 Å². The van der Waals surface area contributed by atoms with Gasteiger partial charge >= 0.3 is 0 Å². The lowest BCUT2D eigenvalue weighted by atomic mass is 10.0. The van der Waals surface area contributed by atoms with Crippen molar-refractivity contribution in [1.29, 1.82) is 0 Å². The molecule has 0 spiro atoms. The predicted octanol–water partition coefficient (Wildman–Crippen LogP) is 1.59. The van der Waals surface area contributed by atoms with Crippen molar-refractivity contribution in [2.24, 2.45) is 5.73 Å². The molecule has 1 aromatic rings. The minimum atomic E-state index is 0.511. The smallest absolute Gasteiger partial charge is 0.156 e. The van der Waals surface area contributed by atoms with Crippen molar-refractivity contribution in [2.75, 3.05) is 25.0 Å². The van der Waals surface area contributed by atoms with Crippen molar-refractivity contribution in [2.45, 2.75) is 59.2 Å². The summed E-state index contributed by atoms with van der Waals surface area (Å²) in [6, 6.07) is 1.02. The first-order valence-electron chi connectivity index (χ1n) is 8.07. The lowest BCUT2D eigenvalue weighted by molar-refractivity contribution is 0.169. The van der Waals surface area contributed by atoms with Crippen LogP contribution >= 0.6 is 0 Å². The van der Waals surface area contributed by atoms with Crippen LogP contribution in [0, 0.1) is 0 Å². The van der Waals surface area contributed by atoms with E-state index in [9.17, 15) is 0 Å². The Morgan fingerprint density at radius 3 is 2.14 bits per heavy atom. The summed E-state index contributed by atoms with van der Waals surface area (Å²) < 4.78 is 0. The Balaban J connectivity index is 2.40. The first-order valence-corrected chi connectivity index (χ1v) is 8.07. The van der Waals surface area contributed by atoms with E-state index in [0.29, 0.717) is 18.6 Å². The molecule has 2 unspecified atom stereocenters. The van der Waals surface area contributed by atoms with E-state index >= 15 is 0 Å². The molecule has 5 nitrogen and oxygen atoms in total. The summed E-state index contributed by atoms with van der Waals surface area (Å²) in [5, 5.41) is 8.98. The van der Waals surface area contributed by atoms with Crippen LogP contribution in [0.3, 0.4) is 0 Å². The molecule has 1 saturated heterocycles. The minimum Gasteiger partial charge on any atom is -0.352 e. The van der Waals surface area contributed by atoms with Gasteiger partial charge in [0, 0.05) is 37.3 Å². The lowest BCUT2D eigenvalue weighted by Gasteiger charge is -2.43. The number of likely N-dealkylation sites (N-methyl/N-ethyl adjacent to an activating group) is 1. The molecule has 0 radical (unpaired) electrons. The van der Waals surface area contributed by atoms with Crippen molar-refractivity contribution in [1.82, 2.24) is 15.1 Å². The summed E-state index contributed by atoms with van der Waals surface area (Å²) in [6.07, 6.45) is 1.88. The molecule has 2 heterocycles. The fourth-order valence-corrected chi connectivity index (χ4v) is 3.29. The van der Waals surface area contributed by atoms with E-state index in [1.807, 2.05) is 0 Å². The lowest BCUT2D eigenvalue weighted by Crippen LogP contribution is -2.55. The Kier molecular flexibility index (Phi) is 5.17. The van der Waals surface area contributed by atoms with Crippen LogP contribution in [0.25, 0.3) is 0 Å². The summed E-state index contributed by atoms with van der Waals surface area (Å²) in [5.74, 6) is 0.998. The zero-order chi connectivity index (χ0) is 15.6. The molecule has 0 bridgehead atoms. The van der Waals surface area contributed by atoms with Crippen LogP contribution in [0.1, 0.15) is 44.5 Å². The zero-order valence-corrected chi connectivity index (χ0v) is 14.1. The van der Waals surface area contributed by atoms with Crippen molar-refractivity contribution in [3.8, 4) is 0 Å². The van der Waals surface area contributed by atoms with Gasteiger partial charge in [0.2, 0.25) is 0 Å². The first-order chi connectivity index (χ1) is 10.0. The standard InChI is InChI=1S/C16H29N5/c1-6-13-14(8-17)16(19-18-15(13)7-2)21-9-11(3)20(5)12(4)10-21/h11-12H,6-10,17H2,1-5H3. The molecular formula is C16H29N5. The Labute approximate surface area is 128 Å². The summed E-state index contributed by atoms with van der Waals surface area (Å²) >= 11 is 0. The summed E-state index contributed by atoms with van der Waals surface area (Å²) in [5.41, 5.74) is 9.63. The molecule has 0 amide bonds. The normalized spacial score (nSPS) is 23.6. The number of rotatable bonds is 4. The average Bonchev–Trinajstić information content (AvgIpc) is 2.50. The van der Waals surface area contributed by atoms with Gasteiger partial charge in [-0.2, -0.15) is 5.10 Å². The van der Waals surface area contributed by atoms with Crippen LogP contribution in [-0.2, 0) is 19.4 Å². The Bertz CT molecular complexity index is 476. The Morgan fingerprint density at radius 2 is 1.67 bits per heavy atom. The quantitative estimate of drug-likeness (QED) is 0.913. The molecular weight excluding hydrogens is 262 g/mol. The maximum absolute atomic E-state index is 6.05. The third-order valence-electron chi connectivity index (χ3n) is 4.80. The van der Waals surface area contributed by atoms with Crippen molar-refractivity contribution in [3.05, 3.63) is 16.8 Å². The molecule has 5 heteroatoms. The highest BCUT2D eigenvalue weighted by atomic mass is 15.3. The molecule has 2 rings (SSSR count). The second kappa shape index (κ2) is 6.71. The van der Waals surface area contributed by atoms with Crippen LogP contribution in [-0.4, -0.2) is 47.3 Å². The van der Waals surface area contributed by atoms with Crippen molar-refractivity contribution < 1.29 is 0 Å². The van der Waals surface area contributed by atoms with Crippen LogP contribution in [0.4, 0.5) is 5.82 Å². The summed E-state index contributed by atoms with van der Waals surface area (Å²) in [7, 11) is 2.19. The summed E-state index contributed by atoms with van der Waals surface area (Å²) in [6.45, 7) is 11.3. The number of anilines is 1. The molecule has 21 heavy (non-hydrogen) atoms. The number of piperazine rings is 1. The van der Waals surface area contributed by atoms with Gasteiger partial charge in [-0.3, -0.25) is 4.90 Å². The Morgan fingerprint density at radius 1 is 1.05 bits per heavy atom. The maximum Gasteiger partial charge on any atom is 0.156 e. The van der Waals surface area contributed by atoms with Crippen molar-refractivity contribution in [3.63, 3.8) is 0 Å². The number of nitrogens with two attached hydrogens (primary N) is 1. The van der Waals surface area contributed by atoms with E-state index in [-0.39, 0.29) is 0 Å². The number of hydrogen-bond donors (Lipinski definition) is 1. The highest BCUT2D eigenvalue weighted by Gasteiger charge is 2.29. The van der Waals surface area contributed by atoms with E-state index in [1.165, 1.54) is 11.1 Å². The van der Waals surface area contributed by atoms with Gasteiger partial charge in [-0.05, 0) is 39.3 Å². The highest BCUT2D eigenvalue weighted by Crippen LogP contribution is 2.26. The topological polar surface area (TPSA) is 58.3 Å². The van der Waals surface area contributed by atoms with Gasteiger partial charge in [-0.15, -0.1) is 5.10 Å². The highest BCUT2D eigenvalue weighted by molar-refractivity contribution is 5.52. The van der Waals surface area contributed by atoms with Crippen LogP contribution in [0.5, 0.6) is 0 Å². The fraction of sp³-hybridized carbons (Fsp3) is 0.750. The van der Waals surface area contributed by atoms with Gasteiger partial charge in [0.05, 0.1) is 5.69 Å². The maximum atomic E-state index is 6.05. The van der Waals surface area contributed by atoms with Gasteiger partial charge in [-0.25, -0.2) is 0 Å². The van der Waals surface area contributed by atoms with E-state index < -0.39 is 0 Å². The summed E-state index contributed by atoms with van der Waals surface area (Å²) in [4.78, 5) is 4.79. The molecule has 1 aromatic heterocycles. The van der Waals surface area contributed by atoms with Gasteiger partial charge < -0.3 is 10.6 Å². The largest absolute Gasteiger partial charge is 0.352 e. The molecule has 1 aliphatic heterocycles. The number of aromatic nitrogens is 2. The van der Waals surface area contributed by atoms with E-state index in [0.717, 1.165) is 37.4 Å². The van der Waals surface area contributed by atoms with Crippen LogP contribution in [0.2, 0.25) is 0 Å². The molecule has 1 fully saturated rings. The minimum absolute atomic E-state index is 0.511. The predicted molar refractivity (Wildman–Crippen MR) is 87.6 cm³/mol. The molecule has 2 atom stereocenters. The molecule has 0 saturated carbocycles. The third kappa shape index (κ3) is 3.04. The van der Waals surface area contributed by atoms with Crippen LogP contribution < -0.4 is 10.6 Å². The van der Waals surface area contributed by atoms with E-state index in [4.69, 9.17) is 5.73 Å². The molecule has 0 aromatic carbocycles. The van der Waals surface area contributed by atoms with Crippen molar-refractivity contribution >= 4 is 5.82 Å². The Hall–Kier alpha value is -1.20. The van der Waals surface area contributed by atoms with Gasteiger partial charge in [0.25, 0.3) is 0 Å². The van der Waals surface area contributed by atoms with E-state index in [1.54, 1.807) is 0 Å². The molecule has 118 valence electrons. The zero-order valence-electron chi connectivity index (χ0n) is 14.1. The first kappa shape index (κ1) is 16.2.